The number of carbonyl (C=O) groups is 1. The Kier molecular flexibility index (Phi) is 5.41. The van der Waals surface area contributed by atoms with Gasteiger partial charge in [-0.1, -0.05) is 35.3 Å². The first-order chi connectivity index (χ1) is 10.5. The van der Waals surface area contributed by atoms with Crippen LogP contribution in [0.25, 0.3) is 0 Å². The van der Waals surface area contributed by atoms with Gasteiger partial charge in [0.05, 0.1) is 11.2 Å². The molecule has 114 valence electrons. The molecule has 6 heteroatoms. The summed E-state index contributed by atoms with van der Waals surface area (Å²) in [6.07, 6.45) is 1.48. The average molecular weight is 336 g/mol. The fourth-order valence-electron chi connectivity index (χ4n) is 1.76. The maximum atomic E-state index is 12.1. The van der Waals surface area contributed by atoms with Crippen molar-refractivity contribution in [2.24, 2.45) is 5.10 Å². The molecule has 0 bridgehead atoms. The Morgan fingerprint density at radius 1 is 1.18 bits per heavy atom. The highest BCUT2D eigenvalue weighted by Crippen LogP contribution is 2.19. The predicted octanol–water partition coefficient (Wildman–Crippen LogP) is 3.82. The zero-order valence-electron chi connectivity index (χ0n) is 12.2. The number of nitrogens with zero attached hydrogens (tertiary/aromatic N) is 2. The third kappa shape index (κ3) is 4.23. The van der Waals surface area contributed by atoms with Crippen molar-refractivity contribution in [3.8, 4) is 0 Å². The number of benzene rings is 2. The maximum absolute atomic E-state index is 12.1. The van der Waals surface area contributed by atoms with Crippen molar-refractivity contribution in [3.05, 3.63) is 63.6 Å². The molecule has 2 aromatic carbocycles. The number of anilines is 1. The molecule has 0 aliphatic carbocycles. The standard InChI is InChI=1S/C16H15Cl2N3O/c1-21(2)14-5-3-4-11(8-14)16(22)20-19-10-12-6-7-13(17)9-15(12)18/h3-10H,1-2H3,(H,20,22). The Morgan fingerprint density at radius 2 is 1.95 bits per heavy atom. The Morgan fingerprint density at radius 3 is 2.64 bits per heavy atom. The second kappa shape index (κ2) is 7.29. The van der Waals surface area contributed by atoms with E-state index in [2.05, 4.69) is 10.5 Å². The van der Waals surface area contributed by atoms with Crippen LogP contribution in [0.2, 0.25) is 10.0 Å². The lowest BCUT2D eigenvalue weighted by atomic mass is 10.2. The van der Waals surface area contributed by atoms with Crippen LogP contribution in [0.15, 0.2) is 47.6 Å². The highest BCUT2D eigenvalue weighted by Gasteiger charge is 2.06. The summed E-state index contributed by atoms with van der Waals surface area (Å²) in [5, 5.41) is 4.94. The molecule has 0 unspecified atom stereocenters. The molecule has 1 amide bonds. The van der Waals surface area contributed by atoms with Crippen LogP contribution in [0.1, 0.15) is 15.9 Å². The summed E-state index contributed by atoms with van der Waals surface area (Å²) in [6.45, 7) is 0. The highest BCUT2D eigenvalue weighted by atomic mass is 35.5. The lowest BCUT2D eigenvalue weighted by Gasteiger charge is -2.12. The molecule has 0 aliphatic heterocycles. The summed E-state index contributed by atoms with van der Waals surface area (Å²) >= 11 is 11.8. The van der Waals surface area contributed by atoms with E-state index in [0.717, 1.165) is 5.69 Å². The molecular formula is C16H15Cl2N3O. The van der Waals surface area contributed by atoms with E-state index in [1.165, 1.54) is 6.21 Å². The monoisotopic (exact) mass is 335 g/mol. The largest absolute Gasteiger partial charge is 0.378 e. The first kappa shape index (κ1) is 16.3. The van der Waals surface area contributed by atoms with Gasteiger partial charge in [0.15, 0.2) is 0 Å². The minimum Gasteiger partial charge on any atom is -0.378 e. The summed E-state index contributed by atoms with van der Waals surface area (Å²) < 4.78 is 0. The molecule has 0 saturated heterocycles. The Bertz CT molecular complexity index is 714. The van der Waals surface area contributed by atoms with Crippen molar-refractivity contribution < 1.29 is 4.79 Å². The summed E-state index contributed by atoms with van der Waals surface area (Å²) in [5.41, 5.74) is 4.63. The summed E-state index contributed by atoms with van der Waals surface area (Å²) in [6, 6.07) is 12.3. The molecule has 0 atom stereocenters. The maximum Gasteiger partial charge on any atom is 0.271 e. The summed E-state index contributed by atoms with van der Waals surface area (Å²) in [4.78, 5) is 14.0. The van der Waals surface area contributed by atoms with Gasteiger partial charge < -0.3 is 4.90 Å². The minimum absolute atomic E-state index is 0.287. The van der Waals surface area contributed by atoms with Crippen LogP contribution in [0.4, 0.5) is 5.69 Å². The van der Waals surface area contributed by atoms with Crippen molar-refractivity contribution in [2.45, 2.75) is 0 Å². The van der Waals surface area contributed by atoms with Crippen LogP contribution in [0.3, 0.4) is 0 Å². The third-order valence-corrected chi connectivity index (χ3v) is 3.52. The molecule has 0 radical (unpaired) electrons. The Labute approximate surface area is 139 Å². The van der Waals surface area contributed by atoms with Crippen molar-refractivity contribution >= 4 is 41.0 Å². The normalized spacial score (nSPS) is 10.7. The third-order valence-electron chi connectivity index (χ3n) is 2.96. The van der Waals surface area contributed by atoms with E-state index in [1.54, 1.807) is 30.3 Å². The minimum atomic E-state index is -0.287. The smallest absolute Gasteiger partial charge is 0.271 e. The van der Waals surface area contributed by atoms with E-state index in [9.17, 15) is 4.79 Å². The molecule has 0 spiro atoms. The number of hydrazone groups is 1. The number of carbonyl (C=O) groups excluding carboxylic acids is 1. The predicted molar refractivity (Wildman–Crippen MR) is 92.3 cm³/mol. The number of nitrogens with one attached hydrogen (secondary N) is 1. The van der Waals surface area contributed by atoms with Crippen molar-refractivity contribution in [2.75, 3.05) is 19.0 Å². The van der Waals surface area contributed by atoms with E-state index >= 15 is 0 Å². The van der Waals surface area contributed by atoms with Gasteiger partial charge in [0.2, 0.25) is 0 Å². The first-order valence-corrected chi connectivity index (χ1v) is 7.29. The Hall–Kier alpha value is -2.04. The molecule has 1 N–H and O–H groups in total. The van der Waals surface area contributed by atoms with E-state index in [1.807, 2.05) is 31.1 Å². The van der Waals surface area contributed by atoms with E-state index in [4.69, 9.17) is 23.2 Å². The number of hydrogen-bond donors (Lipinski definition) is 1. The van der Waals surface area contributed by atoms with Gasteiger partial charge in [-0.2, -0.15) is 5.10 Å². The van der Waals surface area contributed by atoms with E-state index in [-0.39, 0.29) is 5.91 Å². The quantitative estimate of drug-likeness (QED) is 0.681. The highest BCUT2D eigenvalue weighted by molar-refractivity contribution is 6.36. The molecule has 22 heavy (non-hydrogen) atoms. The number of amides is 1. The summed E-state index contributed by atoms with van der Waals surface area (Å²) in [5.74, 6) is -0.287. The number of rotatable bonds is 4. The lowest BCUT2D eigenvalue weighted by Crippen LogP contribution is -2.18. The molecule has 0 saturated carbocycles. The van der Waals surface area contributed by atoms with Gasteiger partial charge >= 0.3 is 0 Å². The van der Waals surface area contributed by atoms with E-state index in [0.29, 0.717) is 21.2 Å². The zero-order valence-corrected chi connectivity index (χ0v) is 13.7. The fraction of sp³-hybridized carbons (Fsp3) is 0.125. The van der Waals surface area contributed by atoms with Crippen LogP contribution in [-0.2, 0) is 0 Å². The molecule has 0 fully saturated rings. The van der Waals surface area contributed by atoms with Crippen LogP contribution >= 0.6 is 23.2 Å². The molecule has 2 rings (SSSR count). The van der Waals surface area contributed by atoms with Gasteiger partial charge in [-0.05, 0) is 30.3 Å². The second-order valence-electron chi connectivity index (χ2n) is 4.81. The van der Waals surface area contributed by atoms with Gasteiger partial charge in [-0.25, -0.2) is 5.43 Å². The van der Waals surface area contributed by atoms with Gasteiger partial charge in [-0.3, -0.25) is 4.79 Å². The van der Waals surface area contributed by atoms with Gasteiger partial charge in [0, 0.05) is 35.9 Å². The van der Waals surface area contributed by atoms with Gasteiger partial charge in [0.25, 0.3) is 5.91 Å². The van der Waals surface area contributed by atoms with Crippen LogP contribution < -0.4 is 10.3 Å². The average Bonchev–Trinajstić information content (AvgIpc) is 2.49. The molecule has 0 heterocycles. The summed E-state index contributed by atoms with van der Waals surface area (Å²) in [7, 11) is 3.83. The topological polar surface area (TPSA) is 44.7 Å². The molecule has 2 aromatic rings. The number of hydrogen-bond acceptors (Lipinski definition) is 3. The Balaban J connectivity index is 2.06. The van der Waals surface area contributed by atoms with Crippen LogP contribution in [0.5, 0.6) is 0 Å². The van der Waals surface area contributed by atoms with Crippen LogP contribution in [-0.4, -0.2) is 26.2 Å². The number of halogens is 2. The van der Waals surface area contributed by atoms with Gasteiger partial charge in [-0.15, -0.1) is 0 Å². The van der Waals surface area contributed by atoms with Crippen molar-refractivity contribution in [1.82, 2.24) is 5.43 Å². The lowest BCUT2D eigenvalue weighted by molar-refractivity contribution is 0.0955. The van der Waals surface area contributed by atoms with Crippen molar-refractivity contribution in [1.29, 1.82) is 0 Å². The van der Waals surface area contributed by atoms with Crippen LogP contribution in [0, 0.1) is 0 Å². The molecule has 0 aliphatic rings. The zero-order chi connectivity index (χ0) is 16.1. The SMILES string of the molecule is CN(C)c1cccc(C(=O)NN=Cc2ccc(Cl)cc2Cl)c1. The van der Waals surface area contributed by atoms with Crippen molar-refractivity contribution in [3.63, 3.8) is 0 Å². The van der Waals surface area contributed by atoms with E-state index < -0.39 is 0 Å². The fourth-order valence-corrected chi connectivity index (χ4v) is 2.21. The van der Waals surface area contributed by atoms with Gasteiger partial charge in [0.1, 0.15) is 0 Å². The molecule has 4 nitrogen and oxygen atoms in total. The first-order valence-electron chi connectivity index (χ1n) is 6.53. The molecular weight excluding hydrogens is 321 g/mol. The second-order valence-corrected chi connectivity index (χ2v) is 5.65. The molecule has 0 aromatic heterocycles.